The SMILES string of the molecule is COc1ccccc1-c1nc(CCNC(=O)Nc2ccccc2)cs1. The summed E-state index contributed by atoms with van der Waals surface area (Å²) in [6.45, 7) is 0.522. The summed E-state index contributed by atoms with van der Waals surface area (Å²) in [7, 11) is 1.66. The Bertz CT molecular complexity index is 833. The Morgan fingerprint density at radius 2 is 1.88 bits per heavy atom. The van der Waals surface area contributed by atoms with Gasteiger partial charge in [0, 0.05) is 24.0 Å². The van der Waals surface area contributed by atoms with Crippen molar-refractivity contribution in [1.29, 1.82) is 0 Å². The highest BCUT2D eigenvalue weighted by atomic mass is 32.1. The summed E-state index contributed by atoms with van der Waals surface area (Å²) in [5, 5.41) is 8.56. The lowest BCUT2D eigenvalue weighted by Crippen LogP contribution is -2.30. The Kier molecular flexibility index (Phi) is 5.64. The van der Waals surface area contributed by atoms with Crippen molar-refractivity contribution in [3.63, 3.8) is 0 Å². The van der Waals surface area contributed by atoms with E-state index in [1.807, 2.05) is 60.0 Å². The Morgan fingerprint density at radius 1 is 1.12 bits per heavy atom. The van der Waals surface area contributed by atoms with Crippen molar-refractivity contribution in [3.8, 4) is 16.3 Å². The third kappa shape index (κ3) is 4.58. The molecule has 2 N–H and O–H groups in total. The molecular formula is C19H19N3O2S. The molecule has 0 aliphatic rings. The molecule has 2 amide bonds. The molecule has 0 aliphatic heterocycles. The van der Waals surface area contributed by atoms with Crippen molar-refractivity contribution in [2.75, 3.05) is 19.0 Å². The molecule has 0 bridgehead atoms. The Labute approximate surface area is 150 Å². The van der Waals surface area contributed by atoms with Gasteiger partial charge in [0.15, 0.2) is 0 Å². The summed E-state index contributed by atoms with van der Waals surface area (Å²) < 4.78 is 5.38. The normalized spacial score (nSPS) is 10.3. The molecule has 3 aromatic rings. The van der Waals surface area contributed by atoms with Crippen molar-refractivity contribution in [1.82, 2.24) is 10.3 Å². The van der Waals surface area contributed by atoms with Gasteiger partial charge in [-0.3, -0.25) is 0 Å². The van der Waals surface area contributed by atoms with E-state index >= 15 is 0 Å². The fourth-order valence-electron chi connectivity index (χ4n) is 2.37. The van der Waals surface area contributed by atoms with Gasteiger partial charge in [-0.05, 0) is 24.3 Å². The average molecular weight is 353 g/mol. The molecule has 0 fully saturated rings. The first-order valence-electron chi connectivity index (χ1n) is 7.94. The van der Waals surface area contributed by atoms with Crippen molar-refractivity contribution >= 4 is 23.1 Å². The second-order valence-corrected chi connectivity index (χ2v) is 6.20. The Morgan fingerprint density at radius 3 is 2.68 bits per heavy atom. The lowest BCUT2D eigenvalue weighted by Gasteiger charge is -2.06. The molecule has 0 spiro atoms. The second kappa shape index (κ2) is 8.30. The van der Waals surface area contributed by atoms with Crippen molar-refractivity contribution in [3.05, 3.63) is 65.7 Å². The third-order valence-electron chi connectivity index (χ3n) is 3.59. The highest BCUT2D eigenvalue weighted by Crippen LogP contribution is 2.31. The van der Waals surface area contributed by atoms with Crippen molar-refractivity contribution in [2.24, 2.45) is 0 Å². The van der Waals surface area contributed by atoms with Crippen LogP contribution in [0.5, 0.6) is 5.75 Å². The van der Waals surface area contributed by atoms with E-state index in [0.717, 1.165) is 27.7 Å². The zero-order valence-corrected chi connectivity index (χ0v) is 14.7. The summed E-state index contributed by atoms with van der Waals surface area (Å²) in [5.74, 6) is 0.809. The number of ether oxygens (including phenoxy) is 1. The Balaban J connectivity index is 1.53. The van der Waals surface area contributed by atoms with Gasteiger partial charge < -0.3 is 15.4 Å². The van der Waals surface area contributed by atoms with E-state index < -0.39 is 0 Å². The number of benzene rings is 2. The molecule has 25 heavy (non-hydrogen) atoms. The minimum absolute atomic E-state index is 0.216. The number of carbonyl (C=O) groups excluding carboxylic acids is 1. The number of methoxy groups -OCH3 is 1. The fourth-order valence-corrected chi connectivity index (χ4v) is 3.25. The maximum absolute atomic E-state index is 11.9. The molecule has 0 atom stereocenters. The number of nitrogens with one attached hydrogen (secondary N) is 2. The van der Waals surface area contributed by atoms with Crippen LogP contribution < -0.4 is 15.4 Å². The number of urea groups is 1. The number of anilines is 1. The van der Waals surface area contributed by atoms with E-state index in [-0.39, 0.29) is 6.03 Å². The molecule has 1 aromatic heterocycles. The maximum atomic E-state index is 11.9. The number of thiazole rings is 1. The summed E-state index contributed by atoms with van der Waals surface area (Å²) >= 11 is 1.57. The Hall–Kier alpha value is -2.86. The molecule has 128 valence electrons. The molecular weight excluding hydrogens is 334 g/mol. The topological polar surface area (TPSA) is 63.2 Å². The van der Waals surface area contributed by atoms with Crippen LogP contribution in [0.25, 0.3) is 10.6 Å². The zero-order valence-electron chi connectivity index (χ0n) is 13.9. The zero-order chi connectivity index (χ0) is 17.5. The number of para-hydroxylation sites is 2. The highest BCUT2D eigenvalue weighted by Gasteiger charge is 2.10. The monoisotopic (exact) mass is 353 g/mol. The fraction of sp³-hybridized carbons (Fsp3) is 0.158. The molecule has 0 radical (unpaired) electrons. The maximum Gasteiger partial charge on any atom is 0.319 e. The first-order valence-corrected chi connectivity index (χ1v) is 8.82. The van der Waals surface area contributed by atoms with Crippen LogP contribution in [0.3, 0.4) is 0 Å². The molecule has 0 saturated carbocycles. The molecule has 5 nitrogen and oxygen atoms in total. The first-order chi connectivity index (χ1) is 12.3. The van der Waals surface area contributed by atoms with Gasteiger partial charge in [-0.1, -0.05) is 30.3 Å². The van der Waals surface area contributed by atoms with E-state index in [2.05, 4.69) is 15.6 Å². The van der Waals surface area contributed by atoms with Crippen molar-refractivity contribution in [2.45, 2.75) is 6.42 Å². The van der Waals surface area contributed by atoms with Crippen molar-refractivity contribution < 1.29 is 9.53 Å². The van der Waals surface area contributed by atoms with Gasteiger partial charge in [0.05, 0.1) is 18.4 Å². The number of nitrogens with zero attached hydrogens (tertiary/aromatic N) is 1. The summed E-state index contributed by atoms with van der Waals surface area (Å²) in [4.78, 5) is 16.5. The molecule has 3 rings (SSSR count). The van der Waals surface area contributed by atoms with Crippen LogP contribution >= 0.6 is 11.3 Å². The summed E-state index contributed by atoms with van der Waals surface area (Å²) in [5.41, 5.74) is 2.70. The average Bonchev–Trinajstić information content (AvgIpc) is 3.11. The molecule has 6 heteroatoms. The standard InChI is InChI=1S/C19H19N3O2S/c1-24-17-10-6-5-9-16(17)18-21-15(13-25-18)11-12-20-19(23)22-14-7-3-2-4-8-14/h2-10,13H,11-12H2,1H3,(H2,20,22,23). The predicted octanol–water partition coefficient (Wildman–Crippen LogP) is 4.18. The van der Waals surface area contributed by atoms with Gasteiger partial charge in [-0.15, -0.1) is 11.3 Å². The number of aromatic nitrogens is 1. The first kappa shape index (κ1) is 17.0. The number of rotatable bonds is 6. The van der Waals surface area contributed by atoms with Gasteiger partial charge >= 0.3 is 6.03 Å². The minimum atomic E-state index is -0.216. The third-order valence-corrected chi connectivity index (χ3v) is 4.51. The van der Waals surface area contributed by atoms with Crippen LogP contribution in [0.4, 0.5) is 10.5 Å². The van der Waals surface area contributed by atoms with E-state index in [0.29, 0.717) is 13.0 Å². The summed E-state index contributed by atoms with van der Waals surface area (Å²) in [6, 6.07) is 17.0. The van der Waals surface area contributed by atoms with E-state index in [1.165, 1.54) is 0 Å². The lowest BCUT2D eigenvalue weighted by atomic mass is 10.2. The number of amides is 2. The van der Waals surface area contributed by atoms with Gasteiger partial charge in [-0.25, -0.2) is 9.78 Å². The molecule has 0 aliphatic carbocycles. The van der Waals surface area contributed by atoms with Crippen LogP contribution in [0.15, 0.2) is 60.0 Å². The quantitative estimate of drug-likeness (QED) is 0.699. The van der Waals surface area contributed by atoms with Crippen LogP contribution in [-0.4, -0.2) is 24.7 Å². The van der Waals surface area contributed by atoms with E-state index in [1.54, 1.807) is 18.4 Å². The summed E-state index contributed by atoms with van der Waals surface area (Å²) in [6.07, 6.45) is 0.674. The van der Waals surface area contributed by atoms with Gasteiger partial charge in [0.25, 0.3) is 0 Å². The smallest absolute Gasteiger partial charge is 0.319 e. The van der Waals surface area contributed by atoms with Crippen LogP contribution in [0.2, 0.25) is 0 Å². The van der Waals surface area contributed by atoms with Crippen LogP contribution in [0, 0.1) is 0 Å². The second-order valence-electron chi connectivity index (χ2n) is 5.34. The number of carbonyl (C=O) groups is 1. The molecule has 2 aromatic carbocycles. The van der Waals surface area contributed by atoms with E-state index in [4.69, 9.17) is 4.74 Å². The predicted molar refractivity (Wildman–Crippen MR) is 101 cm³/mol. The molecule has 1 heterocycles. The molecule has 0 saturated heterocycles. The van der Waals surface area contributed by atoms with Gasteiger partial charge in [0.1, 0.15) is 10.8 Å². The molecule has 0 unspecified atom stereocenters. The van der Waals surface area contributed by atoms with E-state index in [9.17, 15) is 4.79 Å². The van der Waals surface area contributed by atoms with Gasteiger partial charge in [-0.2, -0.15) is 0 Å². The largest absolute Gasteiger partial charge is 0.496 e. The highest BCUT2D eigenvalue weighted by molar-refractivity contribution is 7.13. The van der Waals surface area contributed by atoms with Crippen LogP contribution in [0.1, 0.15) is 5.69 Å². The number of hydrogen-bond acceptors (Lipinski definition) is 4. The van der Waals surface area contributed by atoms with Crippen LogP contribution in [-0.2, 0) is 6.42 Å². The lowest BCUT2D eigenvalue weighted by molar-refractivity contribution is 0.252. The number of hydrogen-bond donors (Lipinski definition) is 2. The minimum Gasteiger partial charge on any atom is -0.496 e. The van der Waals surface area contributed by atoms with Gasteiger partial charge in [0.2, 0.25) is 0 Å².